The first-order valence-corrected chi connectivity index (χ1v) is 12.3. The van der Waals surface area contributed by atoms with Gasteiger partial charge in [-0.05, 0) is 67.3 Å². The molecule has 186 valence electrons. The first-order valence-electron chi connectivity index (χ1n) is 11.5. The number of fused-ring (bicyclic) bond motifs is 1. The minimum atomic E-state index is -4.35. The summed E-state index contributed by atoms with van der Waals surface area (Å²) in [5.41, 5.74) is -2.90. The van der Waals surface area contributed by atoms with Crippen molar-refractivity contribution in [2.45, 2.75) is 54.6 Å². The molecule has 1 aliphatic carbocycles. The maximum Gasteiger partial charge on any atom is 0.446 e. The van der Waals surface area contributed by atoms with Crippen molar-refractivity contribution in [3.05, 3.63) is 54.1 Å². The largest absolute Gasteiger partial charge is 0.446 e. The Kier molecular flexibility index (Phi) is 7.69. The van der Waals surface area contributed by atoms with Gasteiger partial charge in [-0.1, -0.05) is 24.3 Å². The summed E-state index contributed by atoms with van der Waals surface area (Å²) < 4.78 is 37.8. The number of amides is 1. The fourth-order valence-corrected chi connectivity index (χ4v) is 4.97. The van der Waals surface area contributed by atoms with Crippen LogP contribution in [0.2, 0.25) is 0 Å². The Morgan fingerprint density at radius 3 is 2.46 bits per heavy atom. The lowest BCUT2D eigenvalue weighted by molar-refractivity contribution is -0.121. The second kappa shape index (κ2) is 10.7. The van der Waals surface area contributed by atoms with Gasteiger partial charge in [0.25, 0.3) is 0 Å². The molecule has 4 rings (SSSR count). The van der Waals surface area contributed by atoms with Crippen LogP contribution < -0.4 is 15.5 Å². The lowest BCUT2D eigenvalue weighted by Gasteiger charge is -2.30. The molecule has 0 unspecified atom stereocenters. The average Bonchev–Trinajstić information content (AvgIpc) is 2.79. The number of aromatic nitrogens is 2. The number of nitrogens with zero attached hydrogens (tertiary/aromatic N) is 3. The van der Waals surface area contributed by atoms with Crippen molar-refractivity contribution in [3.63, 3.8) is 0 Å². The van der Waals surface area contributed by atoms with Crippen molar-refractivity contribution in [3.8, 4) is 0 Å². The van der Waals surface area contributed by atoms with Gasteiger partial charge in [-0.25, -0.2) is 4.98 Å². The molecule has 2 N–H and O–H groups in total. The van der Waals surface area contributed by atoms with Gasteiger partial charge < -0.3 is 15.5 Å². The van der Waals surface area contributed by atoms with Crippen LogP contribution in [0.1, 0.15) is 31.2 Å². The molecule has 3 aromatic rings. The third-order valence-corrected chi connectivity index (χ3v) is 6.65. The molecule has 1 saturated carbocycles. The number of hydrogen-bond acceptors (Lipinski definition) is 6. The average molecular weight is 504 g/mol. The minimum absolute atomic E-state index is 0.0446. The Hall–Kier alpha value is -3.01. The number of hydrogen-bond donors (Lipinski definition) is 2. The van der Waals surface area contributed by atoms with E-state index in [4.69, 9.17) is 4.98 Å². The maximum atomic E-state index is 12.6. The smallest absolute Gasteiger partial charge is 0.362 e. The number of para-hydroxylation sites is 1. The highest BCUT2D eigenvalue weighted by atomic mass is 32.2. The highest BCUT2D eigenvalue weighted by Gasteiger charge is 2.29. The van der Waals surface area contributed by atoms with E-state index in [2.05, 4.69) is 15.6 Å². The van der Waals surface area contributed by atoms with Crippen molar-refractivity contribution in [1.82, 2.24) is 15.3 Å². The van der Waals surface area contributed by atoms with Crippen LogP contribution in [0.3, 0.4) is 0 Å². The van der Waals surface area contributed by atoms with Gasteiger partial charge in [0.2, 0.25) is 11.9 Å². The topological polar surface area (TPSA) is 70.2 Å². The molecule has 0 aliphatic heterocycles. The number of halogens is 3. The van der Waals surface area contributed by atoms with E-state index in [1.54, 1.807) is 12.1 Å². The number of alkyl halides is 3. The molecule has 1 fully saturated rings. The third kappa shape index (κ3) is 7.00. The highest BCUT2D eigenvalue weighted by Crippen LogP contribution is 2.37. The number of carbonyl (C=O) groups is 1. The van der Waals surface area contributed by atoms with Crippen LogP contribution >= 0.6 is 11.8 Å². The van der Waals surface area contributed by atoms with Gasteiger partial charge in [-0.2, -0.15) is 18.2 Å². The molecule has 0 spiro atoms. The zero-order valence-corrected chi connectivity index (χ0v) is 20.4. The van der Waals surface area contributed by atoms with Gasteiger partial charge in [-0.3, -0.25) is 4.79 Å². The van der Waals surface area contributed by atoms with Crippen LogP contribution in [0.5, 0.6) is 0 Å². The van der Waals surface area contributed by atoms with E-state index >= 15 is 0 Å². The van der Waals surface area contributed by atoms with Crippen molar-refractivity contribution < 1.29 is 18.0 Å². The fraction of sp³-hybridized carbons (Fsp3) is 0.400. The quantitative estimate of drug-likeness (QED) is 0.422. The number of rotatable bonds is 7. The molecule has 0 bridgehead atoms. The number of thioether (sulfide) groups is 1. The van der Waals surface area contributed by atoms with Crippen molar-refractivity contribution >= 4 is 40.3 Å². The molecule has 35 heavy (non-hydrogen) atoms. The standard InChI is InChI=1S/C25H28F3N5OS/c1-33(2)23-20-8-3-4-9-21(20)31-24(32-23)30-18-12-10-17(11-13-18)29-22(34)15-16-6-5-7-19(14-16)35-25(26,27)28/h3-9,14,17-18H,10-13,15H2,1-2H3,(H,29,34)(H,30,31,32). The Labute approximate surface area is 206 Å². The molecule has 0 saturated heterocycles. The van der Waals surface area contributed by atoms with E-state index in [9.17, 15) is 18.0 Å². The molecule has 0 radical (unpaired) electrons. The normalized spacial score (nSPS) is 18.3. The van der Waals surface area contributed by atoms with Gasteiger partial charge in [0.1, 0.15) is 5.82 Å². The summed E-state index contributed by atoms with van der Waals surface area (Å²) in [6, 6.07) is 14.2. The molecule has 2 aromatic carbocycles. The zero-order valence-electron chi connectivity index (χ0n) is 19.6. The first kappa shape index (κ1) is 25.1. The summed E-state index contributed by atoms with van der Waals surface area (Å²) in [5, 5.41) is 7.48. The van der Waals surface area contributed by atoms with Gasteiger partial charge in [0.05, 0.1) is 11.9 Å². The molecular formula is C25H28F3N5OS. The van der Waals surface area contributed by atoms with E-state index in [0.717, 1.165) is 42.4 Å². The Morgan fingerprint density at radius 2 is 1.74 bits per heavy atom. The fourth-order valence-electron chi connectivity index (χ4n) is 4.35. The Balaban J connectivity index is 1.29. The summed E-state index contributed by atoms with van der Waals surface area (Å²) in [4.78, 5) is 23.9. The zero-order chi connectivity index (χ0) is 25.0. The van der Waals surface area contributed by atoms with Crippen LogP contribution in [-0.2, 0) is 11.2 Å². The number of anilines is 2. The summed E-state index contributed by atoms with van der Waals surface area (Å²) in [6.45, 7) is 0. The Bertz CT molecular complexity index is 1180. The SMILES string of the molecule is CN(C)c1nc(NC2CCC(NC(=O)Cc3cccc(SC(F)(F)F)c3)CC2)nc2ccccc12. The molecule has 6 nitrogen and oxygen atoms in total. The molecule has 1 amide bonds. The Morgan fingerprint density at radius 1 is 1.03 bits per heavy atom. The second-order valence-corrected chi connectivity index (χ2v) is 10.1. The van der Waals surface area contributed by atoms with Crippen LogP contribution in [0.4, 0.5) is 24.9 Å². The van der Waals surface area contributed by atoms with Crippen LogP contribution in [0.15, 0.2) is 53.4 Å². The molecule has 1 aromatic heterocycles. The van der Waals surface area contributed by atoms with Gasteiger partial charge in [0, 0.05) is 36.5 Å². The predicted octanol–water partition coefficient (Wildman–Crippen LogP) is 5.39. The summed E-state index contributed by atoms with van der Waals surface area (Å²) in [7, 11) is 3.91. The van der Waals surface area contributed by atoms with Crippen LogP contribution in [-0.4, -0.2) is 47.6 Å². The summed E-state index contributed by atoms with van der Waals surface area (Å²) >= 11 is -0.170. The van der Waals surface area contributed by atoms with Crippen molar-refractivity contribution in [2.75, 3.05) is 24.3 Å². The van der Waals surface area contributed by atoms with Crippen LogP contribution in [0.25, 0.3) is 10.9 Å². The molecule has 0 atom stereocenters. The molecule has 1 heterocycles. The van der Waals surface area contributed by atoms with E-state index in [-0.39, 0.29) is 41.1 Å². The van der Waals surface area contributed by atoms with Crippen molar-refractivity contribution in [1.29, 1.82) is 0 Å². The first-order chi connectivity index (χ1) is 16.7. The second-order valence-electron chi connectivity index (χ2n) is 8.91. The van der Waals surface area contributed by atoms with E-state index in [1.165, 1.54) is 12.1 Å². The highest BCUT2D eigenvalue weighted by molar-refractivity contribution is 8.00. The minimum Gasteiger partial charge on any atom is -0.362 e. The maximum absolute atomic E-state index is 12.6. The predicted molar refractivity (Wildman–Crippen MR) is 134 cm³/mol. The van der Waals surface area contributed by atoms with E-state index < -0.39 is 5.51 Å². The molecule has 1 aliphatic rings. The van der Waals surface area contributed by atoms with Crippen molar-refractivity contribution in [2.24, 2.45) is 0 Å². The van der Waals surface area contributed by atoms with E-state index in [1.807, 2.05) is 43.3 Å². The monoisotopic (exact) mass is 503 g/mol. The summed E-state index contributed by atoms with van der Waals surface area (Å²) in [5.74, 6) is 1.28. The van der Waals surface area contributed by atoms with Gasteiger partial charge in [0.15, 0.2) is 0 Å². The molecular weight excluding hydrogens is 475 g/mol. The number of carbonyl (C=O) groups excluding carboxylic acids is 1. The number of nitrogens with one attached hydrogen (secondary N) is 2. The number of benzene rings is 2. The lowest BCUT2D eigenvalue weighted by atomic mass is 9.91. The van der Waals surface area contributed by atoms with Gasteiger partial charge in [-0.15, -0.1) is 0 Å². The van der Waals surface area contributed by atoms with E-state index in [0.29, 0.717) is 11.5 Å². The van der Waals surface area contributed by atoms with Gasteiger partial charge >= 0.3 is 5.51 Å². The van der Waals surface area contributed by atoms with Crippen LogP contribution in [0, 0.1) is 0 Å². The molecule has 10 heteroatoms. The summed E-state index contributed by atoms with van der Waals surface area (Å²) in [6.07, 6.45) is 3.39. The lowest BCUT2D eigenvalue weighted by Crippen LogP contribution is -2.40. The third-order valence-electron chi connectivity index (χ3n) is 5.93.